The lowest BCUT2D eigenvalue weighted by Crippen LogP contribution is -2.35. The third kappa shape index (κ3) is 3.43. The number of pyridine rings is 1. The number of carboxylic acids is 1. The van der Waals surface area contributed by atoms with E-state index >= 15 is 0 Å². The molecule has 0 radical (unpaired) electrons. The van der Waals surface area contributed by atoms with Crippen LogP contribution in [0.25, 0.3) is 21.8 Å². The van der Waals surface area contributed by atoms with Crippen LogP contribution in [0.15, 0.2) is 35.1 Å². The van der Waals surface area contributed by atoms with Crippen LogP contribution in [0.3, 0.4) is 0 Å². The smallest absolute Gasteiger partial charge is 0.323 e. The second-order valence-corrected chi connectivity index (χ2v) is 7.75. The number of hydrogen-bond donors (Lipinski definition) is 3. The maximum Gasteiger partial charge on any atom is 0.323 e. The molecule has 0 spiro atoms. The van der Waals surface area contributed by atoms with Gasteiger partial charge in [0.1, 0.15) is 6.54 Å². The Morgan fingerprint density at radius 1 is 1.18 bits per heavy atom. The number of anilines is 1. The molecule has 2 aromatic carbocycles. The fourth-order valence-electron chi connectivity index (χ4n) is 3.79. The van der Waals surface area contributed by atoms with E-state index in [0.29, 0.717) is 27.8 Å². The summed E-state index contributed by atoms with van der Waals surface area (Å²) in [6.45, 7) is 1.57. The number of hydrogen-bond acceptors (Lipinski definition) is 4. The molecule has 1 aliphatic heterocycles. The summed E-state index contributed by atoms with van der Waals surface area (Å²) in [5.41, 5.74) is 1.50. The van der Waals surface area contributed by atoms with E-state index in [1.165, 1.54) is 0 Å². The summed E-state index contributed by atoms with van der Waals surface area (Å²) in [6, 6.07) is 8.89. The van der Waals surface area contributed by atoms with E-state index < -0.39 is 5.97 Å². The standard InChI is InChI=1S/C20H19Cl2N3O3/c21-15-4-3-14-19(18(15)22)25(10-17(26)27)16-9-12(1-2-13(16)20(14)28)24-11-5-7-23-8-6-11/h1-4,9,11,23-24H,5-8,10H2,(H,26,27). The molecule has 1 aromatic heterocycles. The highest BCUT2D eigenvalue weighted by molar-refractivity contribution is 6.45. The van der Waals surface area contributed by atoms with E-state index in [-0.39, 0.29) is 22.0 Å². The van der Waals surface area contributed by atoms with Gasteiger partial charge in [0.05, 0.1) is 21.1 Å². The molecule has 0 bridgehead atoms. The molecule has 0 amide bonds. The Bertz CT molecular complexity index is 1140. The Hall–Kier alpha value is -2.28. The number of carbonyl (C=O) groups is 1. The minimum absolute atomic E-state index is 0.177. The summed E-state index contributed by atoms with van der Waals surface area (Å²) < 4.78 is 1.55. The van der Waals surface area contributed by atoms with Crippen molar-refractivity contribution in [2.24, 2.45) is 0 Å². The van der Waals surface area contributed by atoms with Crippen LogP contribution in [0, 0.1) is 0 Å². The number of fused-ring (bicyclic) bond motifs is 2. The number of carboxylic acid groups (broad SMARTS) is 1. The molecule has 3 N–H and O–H groups in total. The molecule has 0 aliphatic carbocycles. The van der Waals surface area contributed by atoms with Gasteiger partial charge in [-0.25, -0.2) is 0 Å². The van der Waals surface area contributed by atoms with Gasteiger partial charge in [0.15, 0.2) is 5.43 Å². The van der Waals surface area contributed by atoms with E-state index in [9.17, 15) is 14.7 Å². The first-order chi connectivity index (χ1) is 13.5. The van der Waals surface area contributed by atoms with Gasteiger partial charge in [0.2, 0.25) is 0 Å². The molecule has 146 valence electrons. The molecule has 6 nitrogen and oxygen atoms in total. The first-order valence-electron chi connectivity index (χ1n) is 9.09. The van der Waals surface area contributed by atoms with Crippen molar-refractivity contribution < 1.29 is 9.90 Å². The molecular weight excluding hydrogens is 401 g/mol. The van der Waals surface area contributed by atoms with Crippen molar-refractivity contribution in [1.82, 2.24) is 9.88 Å². The van der Waals surface area contributed by atoms with Crippen molar-refractivity contribution >= 4 is 56.7 Å². The number of rotatable bonds is 4. The van der Waals surface area contributed by atoms with Crippen LogP contribution in [-0.2, 0) is 11.3 Å². The van der Waals surface area contributed by atoms with Crippen molar-refractivity contribution in [2.75, 3.05) is 18.4 Å². The highest BCUT2D eigenvalue weighted by Gasteiger charge is 2.18. The van der Waals surface area contributed by atoms with Crippen LogP contribution in [0.4, 0.5) is 5.69 Å². The zero-order valence-electron chi connectivity index (χ0n) is 15.0. The van der Waals surface area contributed by atoms with Crippen LogP contribution in [0.5, 0.6) is 0 Å². The van der Waals surface area contributed by atoms with E-state index in [0.717, 1.165) is 31.6 Å². The molecule has 8 heteroatoms. The lowest BCUT2D eigenvalue weighted by Gasteiger charge is -2.25. The summed E-state index contributed by atoms with van der Waals surface area (Å²) >= 11 is 12.5. The topological polar surface area (TPSA) is 83.4 Å². The van der Waals surface area contributed by atoms with Crippen LogP contribution >= 0.6 is 23.2 Å². The molecule has 28 heavy (non-hydrogen) atoms. The van der Waals surface area contributed by atoms with E-state index in [4.69, 9.17) is 23.2 Å². The monoisotopic (exact) mass is 419 g/mol. The summed E-state index contributed by atoms with van der Waals surface area (Å²) in [5, 5.41) is 17.5. The Kier molecular flexibility index (Phi) is 5.19. The van der Waals surface area contributed by atoms with Gasteiger partial charge in [-0.05, 0) is 56.3 Å². The number of piperidine rings is 1. The maximum absolute atomic E-state index is 13.0. The van der Waals surface area contributed by atoms with E-state index in [2.05, 4.69) is 10.6 Å². The Balaban J connectivity index is 1.95. The zero-order chi connectivity index (χ0) is 19.8. The second-order valence-electron chi connectivity index (χ2n) is 6.97. The molecule has 2 heterocycles. The lowest BCUT2D eigenvalue weighted by molar-refractivity contribution is -0.137. The van der Waals surface area contributed by atoms with Gasteiger partial charge in [-0.3, -0.25) is 9.59 Å². The zero-order valence-corrected chi connectivity index (χ0v) is 16.5. The lowest BCUT2D eigenvalue weighted by atomic mass is 10.1. The van der Waals surface area contributed by atoms with Crippen LogP contribution in [0.1, 0.15) is 12.8 Å². The fraction of sp³-hybridized carbons (Fsp3) is 0.300. The Labute approximate surface area is 171 Å². The number of aliphatic carboxylic acids is 1. The van der Waals surface area contributed by atoms with Crippen molar-refractivity contribution in [3.63, 3.8) is 0 Å². The van der Waals surface area contributed by atoms with Gasteiger partial charge in [-0.2, -0.15) is 0 Å². The van der Waals surface area contributed by atoms with Gasteiger partial charge in [0.25, 0.3) is 0 Å². The van der Waals surface area contributed by atoms with Gasteiger partial charge in [0, 0.05) is 22.5 Å². The van der Waals surface area contributed by atoms with Crippen LogP contribution in [-0.4, -0.2) is 34.8 Å². The molecule has 1 aliphatic rings. The quantitative estimate of drug-likeness (QED) is 0.561. The van der Waals surface area contributed by atoms with Crippen molar-refractivity contribution in [2.45, 2.75) is 25.4 Å². The first-order valence-corrected chi connectivity index (χ1v) is 9.84. The van der Waals surface area contributed by atoms with Crippen molar-refractivity contribution in [1.29, 1.82) is 0 Å². The summed E-state index contributed by atoms with van der Waals surface area (Å²) in [5.74, 6) is -1.03. The predicted molar refractivity (Wildman–Crippen MR) is 113 cm³/mol. The number of aromatic nitrogens is 1. The SMILES string of the molecule is O=C(O)Cn1c2cc(NC3CCNCC3)ccc2c(=O)c2ccc(Cl)c(Cl)c21. The number of halogens is 2. The maximum atomic E-state index is 13.0. The molecular formula is C20H19Cl2N3O3. The van der Waals surface area contributed by atoms with E-state index in [1.54, 1.807) is 22.8 Å². The number of nitrogens with one attached hydrogen (secondary N) is 2. The molecule has 4 rings (SSSR count). The highest BCUT2D eigenvalue weighted by atomic mass is 35.5. The average molecular weight is 420 g/mol. The molecule has 0 atom stereocenters. The van der Waals surface area contributed by atoms with Crippen molar-refractivity contribution in [3.8, 4) is 0 Å². The molecule has 3 aromatic rings. The van der Waals surface area contributed by atoms with Gasteiger partial charge < -0.3 is 20.3 Å². The van der Waals surface area contributed by atoms with Gasteiger partial charge >= 0.3 is 5.97 Å². The first kappa shape index (κ1) is 19.1. The largest absolute Gasteiger partial charge is 0.480 e. The summed E-state index contributed by atoms with van der Waals surface area (Å²) in [7, 11) is 0. The van der Waals surface area contributed by atoms with E-state index in [1.807, 2.05) is 12.1 Å². The van der Waals surface area contributed by atoms with Crippen LogP contribution < -0.4 is 16.1 Å². The molecule has 0 unspecified atom stereocenters. The Morgan fingerprint density at radius 3 is 2.61 bits per heavy atom. The Morgan fingerprint density at radius 2 is 1.89 bits per heavy atom. The average Bonchev–Trinajstić information content (AvgIpc) is 2.68. The second kappa shape index (κ2) is 7.62. The third-order valence-corrected chi connectivity index (χ3v) is 5.91. The number of nitrogens with zero attached hydrogens (tertiary/aromatic N) is 1. The summed E-state index contributed by atoms with van der Waals surface area (Å²) in [6.07, 6.45) is 2.00. The highest BCUT2D eigenvalue weighted by Crippen LogP contribution is 2.32. The predicted octanol–water partition coefficient (Wildman–Crippen LogP) is 3.71. The summed E-state index contributed by atoms with van der Waals surface area (Å²) in [4.78, 5) is 24.5. The van der Waals surface area contributed by atoms with Gasteiger partial charge in [-0.15, -0.1) is 0 Å². The van der Waals surface area contributed by atoms with Crippen molar-refractivity contribution in [3.05, 3.63) is 50.6 Å². The normalized spacial score (nSPS) is 15.2. The molecule has 1 fully saturated rings. The minimum Gasteiger partial charge on any atom is -0.480 e. The van der Waals surface area contributed by atoms with Crippen LogP contribution in [0.2, 0.25) is 10.0 Å². The minimum atomic E-state index is -1.03. The number of benzene rings is 2. The molecule has 0 saturated carbocycles. The third-order valence-electron chi connectivity index (χ3n) is 5.12. The van der Waals surface area contributed by atoms with Gasteiger partial charge in [-0.1, -0.05) is 23.2 Å². The molecule has 1 saturated heterocycles. The fourth-order valence-corrected chi connectivity index (χ4v) is 4.21.